The van der Waals surface area contributed by atoms with Crippen LogP contribution in [-0.2, 0) is 45.7 Å². The third kappa shape index (κ3) is 7.35. The summed E-state index contributed by atoms with van der Waals surface area (Å²) < 4.78 is 0. The van der Waals surface area contributed by atoms with Crippen molar-refractivity contribution in [1.29, 1.82) is 0 Å². The molecule has 2 heterocycles. The van der Waals surface area contributed by atoms with Crippen molar-refractivity contribution in [2.24, 2.45) is 0 Å². The Hall–Kier alpha value is -0.598. The van der Waals surface area contributed by atoms with Crippen LogP contribution in [0.25, 0.3) is 0 Å². The van der Waals surface area contributed by atoms with E-state index in [1.54, 1.807) is 24.5 Å². The number of pyridine rings is 2. The molecule has 0 aliphatic rings. The van der Waals surface area contributed by atoms with Gasteiger partial charge in [0.15, 0.2) is 0 Å². The monoisotopic (exact) mass is 326 g/mol. The molecule has 2 rings (SSSR count). The molecule has 0 saturated carbocycles. The largest absolute Gasteiger partial charge is 2.00 e. The molecule has 2 aromatic heterocycles. The number of rotatable bonds is 0. The molecule has 0 atom stereocenters. The van der Waals surface area contributed by atoms with Crippen molar-refractivity contribution in [3.63, 3.8) is 0 Å². The summed E-state index contributed by atoms with van der Waals surface area (Å²) in [5, 5.41) is 1.31. The molecule has 0 unspecified atom stereocenters. The Balaban J connectivity index is 0.000000245. The number of nitrogens with zero attached hydrogens (tertiary/aromatic N) is 2. The summed E-state index contributed by atoms with van der Waals surface area (Å²) in [6.45, 7) is 0. The second kappa shape index (κ2) is 8.69. The van der Waals surface area contributed by atoms with Gasteiger partial charge in [-0.25, -0.2) is 0 Å². The molecule has 0 amide bonds. The van der Waals surface area contributed by atoms with Gasteiger partial charge in [0.1, 0.15) is 0 Å². The van der Waals surface area contributed by atoms with E-state index in [0.29, 0.717) is 10.1 Å². The second-order valence-corrected chi connectivity index (χ2v) is 3.17. The number of hydrogen-bond acceptors (Lipinski definition) is 4. The summed E-state index contributed by atoms with van der Waals surface area (Å²) in [5.41, 5.74) is 0. The van der Waals surface area contributed by atoms with Crippen LogP contribution >= 0.6 is 0 Å². The summed E-state index contributed by atoms with van der Waals surface area (Å²) in [6.07, 6.45) is 3.37. The molecular weight excluding hydrogens is 319 g/mol. The molecule has 0 spiro atoms. The minimum Gasteiger partial charge on any atom is -0.760 e. The quantitative estimate of drug-likeness (QED) is 0.546. The molecule has 0 fully saturated rings. The van der Waals surface area contributed by atoms with E-state index in [4.69, 9.17) is 25.3 Å². The molecule has 2 aromatic rings. The van der Waals surface area contributed by atoms with Gasteiger partial charge < -0.3 is 25.3 Å². The average molecular weight is 327 g/mol. The van der Waals surface area contributed by atoms with Crippen molar-refractivity contribution in [1.82, 2.24) is 9.97 Å². The standard InChI is InChI=1S/2C5H5NS.Pd/c2*7-5-3-1-2-4-6-5;/h2*1-4H,(H,6,7);/q;;+2/p-2. The molecule has 15 heavy (non-hydrogen) atoms. The van der Waals surface area contributed by atoms with Crippen LogP contribution < -0.4 is 0 Å². The maximum absolute atomic E-state index is 4.70. The molecule has 0 aliphatic carbocycles. The molecule has 0 bridgehead atoms. The van der Waals surface area contributed by atoms with E-state index in [2.05, 4.69) is 9.97 Å². The molecule has 5 heteroatoms. The van der Waals surface area contributed by atoms with E-state index in [-0.39, 0.29) is 20.4 Å². The summed E-state index contributed by atoms with van der Waals surface area (Å²) in [5.74, 6) is 0. The van der Waals surface area contributed by atoms with Crippen molar-refractivity contribution < 1.29 is 20.4 Å². The maximum Gasteiger partial charge on any atom is 2.00 e. The van der Waals surface area contributed by atoms with Crippen LogP contribution in [0.4, 0.5) is 0 Å². The van der Waals surface area contributed by atoms with Gasteiger partial charge in [0.05, 0.1) is 0 Å². The van der Waals surface area contributed by atoms with Gasteiger partial charge in [-0.05, 0) is 12.1 Å². The molecule has 0 radical (unpaired) electrons. The Kier molecular flexibility index (Phi) is 8.34. The Morgan fingerprint density at radius 1 is 0.733 bits per heavy atom. The summed E-state index contributed by atoms with van der Waals surface area (Å²) in [6, 6.07) is 11.0. The van der Waals surface area contributed by atoms with E-state index in [1.807, 2.05) is 24.3 Å². The maximum atomic E-state index is 4.70. The summed E-state index contributed by atoms with van der Waals surface area (Å²) in [4.78, 5) is 7.59. The Labute approximate surface area is 114 Å². The van der Waals surface area contributed by atoms with Crippen molar-refractivity contribution in [3.8, 4) is 0 Å². The predicted octanol–water partition coefficient (Wildman–Crippen LogP) is 1.97. The van der Waals surface area contributed by atoms with Crippen LogP contribution in [0.15, 0.2) is 58.8 Å². The van der Waals surface area contributed by atoms with Crippen molar-refractivity contribution in [2.75, 3.05) is 0 Å². The zero-order valence-electron chi connectivity index (χ0n) is 7.65. The summed E-state index contributed by atoms with van der Waals surface area (Å²) >= 11 is 9.40. The van der Waals surface area contributed by atoms with Crippen LogP contribution in [0.2, 0.25) is 0 Å². The van der Waals surface area contributed by atoms with Gasteiger partial charge in [0.2, 0.25) is 0 Å². The average Bonchev–Trinajstić information content (AvgIpc) is 2.21. The Bertz CT molecular complexity index is 319. The van der Waals surface area contributed by atoms with Gasteiger partial charge in [-0.3, -0.25) is 9.97 Å². The molecular formula is C10H8N2PdS2. The van der Waals surface area contributed by atoms with Crippen LogP contribution in [-0.4, -0.2) is 9.97 Å². The number of aromatic nitrogens is 2. The van der Waals surface area contributed by atoms with Crippen LogP contribution in [0.5, 0.6) is 0 Å². The van der Waals surface area contributed by atoms with E-state index in [0.717, 1.165) is 0 Å². The first kappa shape index (κ1) is 14.4. The zero-order valence-corrected chi connectivity index (χ0v) is 10.8. The smallest absolute Gasteiger partial charge is 0.760 e. The van der Waals surface area contributed by atoms with E-state index in [9.17, 15) is 0 Å². The fraction of sp³-hybridized carbons (Fsp3) is 0. The van der Waals surface area contributed by atoms with Gasteiger partial charge in [-0.2, -0.15) is 0 Å². The Morgan fingerprint density at radius 3 is 1.27 bits per heavy atom. The second-order valence-electron chi connectivity index (χ2n) is 2.34. The van der Waals surface area contributed by atoms with Gasteiger partial charge >= 0.3 is 20.4 Å². The Morgan fingerprint density at radius 2 is 1.13 bits per heavy atom. The first-order chi connectivity index (χ1) is 6.79. The van der Waals surface area contributed by atoms with Gasteiger partial charge in [-0.1, -0.05) is 34.3 Å². The molecule has 2 nitrogen and oxygen atoms in total. The van der Waals surface area contributed by atoms with Gasteiger partial charge in [0, 0.05) is 12.4 Å². The normalized spacial score (nSPS) is 8.00. The van der Waals surface area contributed by atoms with Gasteiger partial charge in [-0.15, -0.1) is 0 Å². The minimum atomic E-state index is 0. The van der Waals surface area contributed by atoms with Crippen molar-refractivity contribution in [3.05, 3.63) is 48.8 Å². The molecule has 0 aliphatic heterocycles. The van der Waals surface area contributed by atoms with E-state index >= 15 is 0 Å². The van der Waals surface area contributed by atoms with E-state index in [1.165, 1.54) is 0 Å². The third-order valence-corrected chi connectivity index (χ3v) is 1.76. The molecule has 80 valence electrons. The van der Waals surface area contributed by atoms with Gasteiger partial charge in [0.25, 0.3) is 0 Å². The fourth-order valence-corrected chi connectivity index (χ4v) is 0.973. The van der Waals surface area contributed by atoms with Crippen molar-refractivity contribution in [2.45, 2.75) is 10.1 Å². The minimum absolute atomic E-state index is 0. The predicted molar refractivity (Wildman–Crippen MR) is 59.7 cm³/mol. The van der Waals surface area contributed by atoms with Crippen LogP contribution in [0.1, 0.15) is 0 Å². The summed E-state index contributed by atoms with van der Waals surface area (Å²) in [7, 11) is 0. The SMILES string of the molecule is [Pd+2].[S-]c1ccccn1.[S-]c1ccccn1. The molecule has 0 saturated heterocycles. The first-order valence-electron chi connectivity index (χ1n) is 3.95. The molecule has 0 N–H and O–H groups in total. The zero-order chi connectivity index (χ0) is 10.2. The first-order valence-corrected chi connectivity index (χ1v) is 4.77. The third-order valence-electron chi connectivity index (χ3n) is 1.28. The molecule has 0 aromatic carbocycles. The van der Waals surface area contributed by atoms with E-state index < -0.39 is 0 Å². The topological polar surface area (TPSA) is 25.8 Å². The van der Waals surface area contributed by atoms with Crippen LogP contribution in [0.3, 0.4) is 0 Å². The van der Waals surface area contributed by atoms with Crippen LogP contribution in [0, 0.1) is 0 Å². The van der Waals surface area contributed by atoms with Crippen molar-refractivity contribution >= 4 is 25.3 Å². The fourth-order valence-electron chi connectivity index (χ4n) is 0.694. The number of hydrogen-bond donors (Lipinski definition) is 0.